The maximum atomic E-state index is 12.3. The van der Waals surface area contributed by atoms with Crippen LogP contribution < -0.4 is 5.32 Å². The number of nitrogens with zero attached hydrogens (tertiary/aromatic N) is 1. The van der Waals surface area contributed by atoms with Gasteiger partial charge in [-0.2, -0.15) is 0 Å². The van der Waals surface area contributed by atoms with E-state index in [1.165, 1.54) is 37.3 Å². The van der Waals surface area contributed by atoms with Gasteiger partial charge < -0.3 is 10.2 Å². The van der Waals surface area contributed by atoms with Gasteiger partial charge in [-0.15, -0.1) is 23.1 Å². The summed E-state index contributed by atoms with van der Waals surface area (Å²) >= 11 is 9.06. The van der Waals surface area contributed by atoms with E-state index in [1.54, 1.807) is 11.8 Å². The summed E-state index contributed by atoms with van der Waals surface area (Å²) in [6, 6.07) is 2.21. The molecule has 1 aromatic heterocycles. The summed E-state index contributed by atoms with van der Waals surface area (Å²) in [7, 11) is 0. The fraction of sp³-hybridized carbons (Fsp3) is 0.615. The van der Waals surface area contributed by atoms with Gasteiger partial charge in [0.05, 0.1) is 4.88 Å². The van der Waals surface area contributed by atoms with Crippen LogP contribution in [0.25, 0.3) is 0 Å². The van der Waals surface area contributed by atoms with E-state index in [4.69, 9.17) is 11.6 Å². The van der Waals surface area contributed by atoms with Crippen LogP contribution in [0.5, 0.6) is 0 Å². The number of thioether (sulfide) groups is 1. The van der Waals surface area contributed by atoms with Gasteiger partial charge in [0.1, 0.15) is 4.34 Å². The van der Waals surface area contributed by atoms with Crippen LogP contribution in [0.3, 0.4) is 0 Å². The number of fused-ring (bicyclic) bond motifs is 3. The molecular formula is C13H17ClN2OS2. The number of rotatable bonds is 3. The summed E-state index contributed by atoms with van der Waals surface area (Å²) in [6.45, 7) is 3.39. The molecule has 1 aromatic rings. The lowest BCUT2D eigenvalue weighted by molar-refractivity contribution is 0.0622. The lowest BCUT2D eigenvalue weighted by atomic mass is 9.84. The Bertz CT molecular complexity index is 483. The van der Waals surface area contributed by atoms with Gasteiger partial charge >= 0.3 is 0 Å². The van der Waals surface area contributed by atoms with Crippen molar-refractivity contribution in [2.75, 3.05) is 25.9 Å². The molecule has 3 saturated heterocycles. The van der Waals surface area contributed by atoms with Crippen molar-refractivity contribution in [3.63, 3.8) is 0 Å². The Kier molecular flexibility index (Phi) is 4.08. The number of halogens is 1. The topological polar surface area (TPSA) is 32.3 Å². The highest BCUT2D eigenvalue weighted by Gasteiger charge is 2.35. The molecule has 0 aliphatic carbocycles. The predicted octanol–water partition coefficient (Wildman–Crippen LogP) is 2.95. The van der Waals surface area contributed by atoms with Gasteiger partial charge in [-0.1, -0.05) is 11.6 Å². The third-order valence-corrected chi connectivity index (χ3v) is 6.43. The van der Waals surface area contributed by atoms with Gasteiger partial charge in [-0.05, 0) is 44.2 Å². The van der Waals surface area contributed by atoms with Gasteiger partial charge in [0, 0.05) is 17.5 Å². The zero-order chi connectivity index (χ0) is 13.4. The van der Waals surface area contributed by atoms with E-state index >= 15 is 0 Å². The van der Waals surface area contributed by atoms with E-state index < -0.39 is 0 Å². The molecule has 3 aliphatic rings. The molecule has 0 radical (unpaired) electrons. The highest BCUT2D eigenvalue weighted by atomic mass is 35.5. The van der Waals surface area contributed by atoms with Crippen LogP contribution in [0.2, 0.25) is 4.34 Å². The minimum absolute atomic E-state index is 0.0333. The average Bonchev–Trinajstić information content (AvgIpc) is 2.81. The van der Waals surface area contributed by atoms with Crippen molar-refractivity contribution < 1.29 is 4.79 Å². The van der Waals surface area contributed by atoms with Gasteiger partial charge in [0.25, 0.3) is 5.91 Å². The predicted molar refractivity (Wildman–Crippen MR) is 81.5 cm³/mol. The lowest BCUT2D eigenvalue weighted by Crippen LogP contribution is -2.57. The normalized spacial score (nSPS) is 29.5. The Balaban J connectivity index is 1.67. The number of nitrogens with one attached hydrogen (secondary N) is 1. The van der Waals surface area contributed by atoms with Crippen molar-refractivity contribution in [2.24, 2.45) is 5.92 Å². The molecule has 6 heteroatoms. The highest BCUT2D eigenvalue weighted by molar-refractivity contribution is 7.98. The highest BCUT2D eigenvalue weighted by Crippen LogP contribution is 2.34. The molecule has 4 rings (SSSR count). The van der Waals surface area contributed by atoms with Crippen molar-refractivity contribution in [3.8, 4) is 0 Å². The molecule has 0 unspecified atom stereocenters. The molecule has 19 heavy (non-hydrogen) atoms. The smallest absolute Gasteiger partial charge is 0.261 e. The molecule has 0 saturated carbocycles. The Hall–Kier alpha value is -0.230. The summed E-state index contributed by atoms with van der Waals surface area (Å²) in [4.78, 5) is 16.4. The first-order chi connectivity index (χ1) is 9.17. The SMILES string of the molecule is CSc1cc(C(=O)N[C@H]2CN3CCC2CC3)sc1Cl. The summed E-state index contributed by atoms with van der Waals surface area (Å²) < 4.78 is 0.714. The first kappa shape index (κ1) is 13.7. The molecule has 3 aliphatic heterocycles. The number of carbonyl (C=O) groups is 1. The first-order valence-corrected chi connectivity index (χ1v) is 8.96. The molecule has 1 N–H and O–H groups in total. The number of hydrogen-bond acceptors (Lipinski definition) is 4. The van der Waals surface area contributed by atoms with Gasteiger partial charge in [0.15, 0.2) is 0 Å². The van der Waals surface area contributed by atoms with E-state index in [0.717, 1.165) is 16.3 Å². The summed E-state index contributed by atoms with van der Waals surface area (Å²) in [5.41, 5.74) is 0. The second kappa shape index (κ2) is 5.64. The Morgan fingerprint density at radius 1 is 1.53 bits per heavy atom. The molecule has 2 bridgehead atoms. The van der Waals surface area contributed by atoms with Crippen LogP contribution in [0, 0.1) is 5.92 Å². The number of thiophene rings is 1. The average molecular weight is 317 g/mol. The second-order valence-electron chi connectivity index (χ2n) is 5.17. The molecule has 1 atom stereocenters. The molecule has 104 valence electrons. The number of hydrogen-bond donors (Lipinski definition) is 1. The van der Waals surface area contributed by atoms with E-state index in [2.05, 4.69) is 10.2 Å². The fourth-order valence-electron chi connectivity index (χ4n) is 2.97. The van der Waals surface area contributed by atoms with Crippen LogP contribution in [-0.4, -0.2) is 42.7 Å². The van der Waals surface area contributed by atoms with Gasteiger partial charge in [-0.25, -0.2) is 0 Å². The summed E-state index contributed by atoms with van der Waals surface area (Å²) in [6.07, 6.45) is 4.40. The third kappa shape index (κ3) is 2.79. The van der Waals surface area contributed by atoms with Crippen LogP contribution >= 0.6 is 34.7 Å². The Morgan fingerprint density at radius 2 is 2.26 bits per heavy atom. The van der Waals surface area contributed by atoms with E-state index in [9.17, 15) is 4.79 Å². The summed E-state index contributed by atoms with van der Waals surface area (Å²) in [5, 5.41) is 3.19. The van der Waals surface area contributed by atoms with Crippen LogP contribution in [0.1, 0.15) is 22.5 Å². The minimum Gasteiger partial charge on any atom is -0.347 e. The van der Waals surface area contributed by atoms with E-state index in [1.807, 2.05) is 12.3 Å². The van der Waals surface area contributed by atoms with Crippen LogP contribution in [0.15, 0.2) is 11.0 Å². The first-order valence-electron chi connectivity index (χ1n) is 6.54. The maximum absolute atomic E-state index is 12.3. The van der Waals surface area contributed by atoms with E-state index in [0.29, 0.717) is 16.3 Å². The van der Waals surface area contributed by atoms with Crippen molar-refractivity contribution in [1.82, 2.24) is 10.2 Å². The minimum atomic E-state index is 0.0333. The molecule has 1 amide bonds. The van der Waals surface area contributed by atoms with Crippen LogP contribution in [0.4, 0.5) is 0 Å². The maximum Gasteiger partial charge on any atom is 0.261 e. The van der Waals surface area contributed by atoms with E-state index in [-0.39, 0.29) is 5.91 Å². The van der Waals surface area contributed by atoms with Crippen molar-refractivity contribution in [1.29, 1.82) is 0 Å². The molecule has 0 spiro atoms. The quantitative estimate of drug-likeness (QED) is 0.870. The number of carbonyl (C=O) groups excluding carboxylic acids is 1. The van der Waals surface area contributed by atoms with Crippen LogP contribution in [-0.2, 0) is 0 Å². The Labute approximate surface area is 126 Å². The molecule has 0 aromatic carbocycles. The number of amides is 1. The second-order valence-corrected chi connectivity index (χ2v) is 7.67. The molecule has 4 heterocycles. The summed E-state index contributed by atoms with van der Waals surface area (Å²) in [5.74, 6) is 0.690. The van der Waals surface area contributed by atoms with Crippen molar-refractivity contribution in [2.45, 2.75) is 23.8 Å². The lowest BCUT2D eigenvalue weighted by Gasteiger charge is -2.44. The molecule has 3 fully saturated rings. The van der Waals surface area contributed by atoms with Crippen molar-refractivity contribution >= 4 is 40.6 Å². The van der Waals surface area contributed by atoms with Gasteiger partial charge in [0.2, 0.25) is 0 Å². The number of piperidine rings is 3. The Morgan fingerprint density at radius 3 is 2.79 bits per heavy atom. The largest absolute Gasteiger partial charge is 0.347 e. The standard InChI is InChI=1S/C13H17ClN2OS2/c1-18-10-6-11(19-12(10)14)13(17)15-9-7-16-4-2-8(9)3-5-16/h6,8-9H,2-5,7H2,1H3,(H,15,17)/t9-/m0/s1. The third-order valence-electron chi connectivity index (χ3n) is 4.07. The molecular weight excluding hydrogens is 300 g/mol. The monoisotopic (exact) mass is 316 g/mol. The molecule has 3 nitrogen and oxygen atoms in total. The van der Waals surface area contributed by atoms with Gasteiger partial charge in [-0.3, -0.25) is 4.79 Å². The fourth-order valence-corrected chi connectivity index (χ4v) is 5.03. The zero-order valence-electron chi connectivity index (χ0n) is 10.8. The zero-order valence-corrected chi connectivity index (χ0v) is 13.2. The van der Waals surface area contributed by atoms with Crippen molar-refractivity contribution in [3.05, 3.63) is 15.3 Å².